The number of nitrogens with zero attached hydrogens (tertiary/aromatic N) is 2. The molecule has 1 atom stereocenters. The maximum atomic E-state index is 11.8. The molecule has 6 nitrogen and oxygen atoms in total. The lowest BCUT2D eigenvalue weighted by molar-refractivity contribution is 0.356. The highest BCUT2D eigenvalue weighted by molar-refractivity contribution is 7.91. The van der Waals surface area contributed by atoms with E-state index in [1.165, 1.54) is 0 Å². The van der Waals surface area contributed by atoms with Gasteiger partial charge in [0.15, 0.2) is 15.7 Å². The van der Waals surface area contributed by atoms with E-state index in [-0.39, 0.29) is 16.8 Å². The highest BCUT2D eigenvalue weighted by Crippen LogP contribution is 2.32. The molecule has 1 unspecified atom stereocenters. The molecule has 0 saturated carbocycles. The summed E-state index contributed by atoms with van der Waals surface area (Å²) in [5.74, 6) is 0.590. The third-order valence-electron chi connectivity index (χ3n) is 2.72. The van der Waals surface area contributed by atoms with Gasteiger partial charge in [0.1, 0.15) is 9.90 Å². The van der Waals surface area contributed by atoms with Crippen LogP contribution in [0.25, 0.3) is 0 Å². The Kier molecular flexibility index (Phi) is 5.79. The fourth-order valence-electron chi connectivity index (χ4n) is 2.12. The van der Waals surface area contributed by atoms with Crippen molar-refractivity contribution < 1.29 is 8.42 Å². The molecule has 0 aliphatic carbocycles. The molecule has 0 aromatic carbocycles. The van der Waals surface area contributed by atoms with Crippen molar-refractivity contribution in [1.29, 1.82) is 0 Å². The first-order valence-corrected chi connectivity index (χ1v) is 9.14. The molecule has 20 heavy (non-hydrogen) atoms. The van der Waals surface area contributed by atoms with E-state index in [1.807, 2.05) is 14.1 Å². The molecule has 0 aliphatic rings. The molecule has 0 bridgehead atoms. The minimum atomic E-state index is -3.38. The highest BCUT2D eigenvalue weighted by Gasteiger charge is 2.23. The zero-order valence-corrected chi connectivity index (χ0v) is 14.3. The predicted molar refractivity (Wildman–Crippen MR) is 85.1 cm³/mol. The van der Waals surface area contributed by atoms with Crippen LogP contribution in [0.2, 0.25) is 0 Å². The van der Waals surface area contributed by atoms with E-state index in [0.29, 0.717) is 10.9 Å². The summed E-state index contributed by atoms with van der Waals surface area (Å²) in [4.78, 5) is 2.19. The lowest BCUT2D eigenvalue weighted by Crippen LogP contribution is -2.33. The first-order valence-electron chi connectivity index (χ1n) is 6.47. The fraction of sp³-hybridized carbons (Fsp3) is 0.750. The number of likely N-dealkylation sites (N-methyl/N-ethyl adjacent to an activating group) is 1. The Labute approximate surface area is 125 Å². The quantitative estimate of drug-likeness (QED) is 0.792. The first kappa shape index (κ1) is 17.2. The number of nitrogens with one attached hydrogen (secondary N) is 1. The van der Waals surface area contributed by atoms with Gasteiger partial charge in [-0.3, -0.25) is 0 Å². The Morgan fingerprint density at radius 2 is 2.00 bits per heavy atom. The van der Waals surface area contributed by atoms with Gasteiger partial charge in [-0.1, -0.05) is 13.8 Å². The van der Waals surface area contributed by atoms with Crippen molar-refractivity contribution in [2.75, 3.05) is 37.9 Å². The molecule has 0 radical (unpaired) electrons. The summed E-state index contributed by atoms with van der Waals surface area (Å²) in [6, 6.07) is 0.158. The normalized spacial score (nSPS) is 13.9. The van der Waals surface area contributed by atoms with Crippen LogP contribution in [-0.2, 0) is 9.84 Å². The van der Waals surface area contributed by atoms with E-state index in [2.05, 4.69) is 28.4 Å². The van der Waals surface area contributed by atoms with Crippen molar-refractivity contribution in [3.05, 3.63) is 0 Å². The summed E-state index contributed by atoms with van der Waals surface area (Å²) in [7, 11) is 0.611. The number of hydrogen-bond acceptors (Lipinski definition) is 7. The Morgan fingerprint density at radius 3 is 2.45 bits per heavy atom. The van der Waals surface area contributed by atoms with E-state index in [1.54, 1.807) is 0 Å². The molecule has 1 heterocycles. The largest absolute Gasteiger partial charge is 0.382 e. The second-order valence-electron chi connectivity index (χ2n) is 5.73. The number of nitrogen functional groups attached to an aromatic ring is 1. The van der Waals surface area contributed by atoms with Crippen LogP contribution in [0.3, 0.4) is 0 Å². The van der Waals surface area contributed by atoms with Crippen LogP contribution < -0.4 is 11.1 Å². The molecular weight excluding hydrogens is 296 g/mol. The van der Waals surface area contributed by atoms with E-state index in [9.17, 15) is 8.42 Å². The second kappa shape index (κ2) is 6.73. The van der Waals surface area contributed by atoms with Gasteiger partial charge in [-0.05, 0) is 38.0 Å². The van der Waals surface area contributed by atoms with E-state index < -0.39 is 9.84 Å². The van der Waals surface area contributed by atoms with Gasteiger partial charge >= 0.3 is 0 Å². The van der Waals surface area contributed by atoms with Gasteiger partial charge < -0.3 is 16.0 Å². The van der Waals surface area contributed by atoms with Gasteiger partial charge in [0, 0.05) is 18.8 Å². The molecular formula is C12H24N4O2S2. The number of nitrogens with two attached hydrogens (primary N) is 1. The third kappa shape index (κ3) is 4.92. The van der Waals surface area contributed by atoms with Crippen LogP contribution in [0, 0.1) is 5.92 Å². The minimum absolute atomic E-state index is 0.0770. The van der Waals surface area contributed by atoms with Gasteiger partial charge in [0.05, 0.1) is 0 Å². The zero-order valence-electron chi connectivity index (χ0n) is 12.7. The molecule has 0 aliphatic heterocycles. The summed E-state index contributed by atoms with van der Waals surface area (Å²) in [5, 5.41) is 3.83. The number of sulfone groups is 1. The topological polar surface area (TPSA) is 88.3 Å². The van der Waals surface area contributed by atoms with Gasteiger partial charge in [-0.2, -0.15) is 4.37 Å². The molecule has 0 fully saturated rings. The fourth-order valence-corrected chi connectivity index (χ4v) is 4.25. The first-order chi connectivity index (χ1) is 9.11. The average molecular weight is 320 g/mol. The molecule has 1 rings (SSSR count). The van der Waals surface area contributed by atoms with Crippen molar-refractivity contribution in [3.8, 4) is 0 Å². The van der Waals surface area contributed by atoms with Crippen LogP contribution in [0.4, 0.5) is 10.8 Å². The van der Waals surface area contributed by atoms with Crippen molar-refractivity contribution in [2.45, 2.75) is 31.2 Å². The van der Waals surface area contributed by atoms with Gasteiger partial charge in [0.2, 0.25) is 0 Å². The zero-order chi connectivity index (χ0) is 15.5. The lowest BCUT2D eigenvalue weighted by atomic mass is 10.0. The second-order valence-corrected chi connectivity index (χ2v) is 8.46. The standard InChI is InChI=1S/C12H24N4O2S2/c1-8(2)6-9(7-16(3)4)14-12-10(20(5,17)18)11(13)15-19-12/h8-9,14H,6-7H2,1-5H3,(H2,13,15). The van der Waals surface area contributed by atoms with Crippen LogP contribution in [0.1, 0.15) is 20.3 Å². The van der Waals surface area contributed by atoms with Crippen LogP contribution in [0.15, 0.2) is 4.90 Å². The summed E-state index contributed by atoms with van der Waals surface area (Å²) in [6.07, 6.45) is 2.10. The molecule has 1 aromatic rings. The van der Waals surface area contributed by atoms with Gasteiger partial charge in [-0.15, -0.1) is 0 Å². The third-order valence-corrected chi connectivity index (χ3v) is 4.80. The van der Waals surface area contributed by atoms with E-state index in [0.717, 1.165) is 30.8 Å². The molecule has 1 aromatic heterocycles. The van der Waals surface area contributed by atoms with Gasteiger partial charge in [0.25, 0.3) is 0 Å². The lowest BCUT2D eigenvalue weighted by Gasteiger charge is -2.24. The van der Waals surface area contributed by atoms with Crippen LogP contribution in [-0.4, -0.2) is 50.6 Å². The molecule has 0 saturated heterocycles. The number of rotatable bonds is 7. The number of anilines is 2. The minimum Gasteiger partial charge on any atom is -0.382 e. The average Bonchev–Trinajstić information content (AvgIpc) is 2.56. The highest BCUT2D eigenvalue weighted by atomic mass is 32.2. The number of aromatic nitrogens is 1. The number of hydrogen-bond donors (Lipinski definition) is 2. The summed E-state index contributed by atoms with van der Waals surface area (Å²) < 4.78 is 27.6. The van der Waals surface area contributed by atoms with Gasteiger partial charge in [-0.25, -0.2) is 8.42 Å². The maximum absolute atomic E-state index is 11.8. The summed E-state index contributed by atoms with van der Waals surface area (Å²) >= 11 is 1.10. The monoisotopic (exact) mass is 320 g/mol. The van der Waals surface area contributed by atoms with Crippen molar-refractivity contribution in [1.82, 2.24) is 9.27 Å². The Hall–Kier alpha value is -0.860. The van der Waals surface area contributed by atoms with Crippen LogP contribution >= 0.6 is 11.5 Å². The molecule has 116 valence electrons. The Morgan fingerprint density at radius 1 is 1.40 bits per heavy atom. The summed E-state index contributed by atoms with van der Waals surface area (Å²) in [5.41, 5.74) is 5.68. The molecule has 8 heteroatoms. The van der Waals surface area contributed by atoms with E-state index in [4.69, 9.17) is 5.73 Å². The Bertz CT molecular complexity index is 528. The maximum Gasteiger partial charge on any atom is 0.182 e. The van der Waals surface area contributed by atoms with Crippen molar-refractivity contribution in [2.24, 2.45) is 5.92 Å². The van der Waals surface area contributed by atoms with Crippen LogP contribution in [0.5, 0.6) is 0 Å². The molecule has 3 N–H and O–H groups in total. The van der Waals surface area contributed by atoms with Crippen molar-refractivity contribution in [3.63, 3.8) is 0 Å². The van der Waals surface area contributed by atoms with Crippen molar-refractivity contribution >= 4 is 32.2 Å². The predicted octanol–water partition coefficient (Wildman–Crippen LogP) is 1.52. The molecule has 0 amide bonds. The molecule has 0 spiro atoms. The smallest absolute Gasteiger partial charge is 0.182 e. The SMILES string of the molecule is CC(C)CC(CN(C)C)Nc1snc(N)c1S(C)(=O)=O. The van der Waals surface area contributed by atoms with E-state index >= 15 is 0 Å². The Balaban J connectivity index is 3.00. The summed E-state index contributed by atoms with van der Waals surface area (Å²) in [6.45, 7) is 5.10.